The second-order valence-corrected chi connectivity index (χ2v) is 14.7. The molecular formula is C36H45NO17. The van der Waals surface area contributed by atoms with Crippen LogP contribution in [0.1, 0.15) is 77.9 Å². The number of ether oxygens (including phenoxy) is 8. The van der Waals surface area contributed by atoms with Gasteiger partial charge < -0.3 is 48.1 Å². The predicted molar refractivity (Wildman–Crippen MR) is 176 cm³/mol. The normalized spacial score (nSPS) is 38.6. The molecule has 2 saturated carbocycles. The summed E-state index contributed by atoms with van der Waals surface area (Å²) in [6.45, 7) is 7.26. The summed E-state index contributed by atoms with van der Waals surface area (Å²) in [5.41, 5.74) is -9.68. The molecule has 0 radical (unpaired) electrons. The number of carbonyl (C=O) groups is 7. The van der Waals surface area contributed by atoms with E-state index in [1.165, 1.54) is 32.2 Å². The summed E-state index contributed by atoms with van der Waals surface area (Å²) in [4.78, 5) is 96.6. The van der Waals surface area contributed by atoms with E-state index in [4.69, 9.17) is 37.9 Å². The molecule has 18 heteroatoms. The fraction of sp³-hybridized carbons (Fsp3) is 0.667. The van der Waals surface area contributed by atoms with E-state index < -0.39 is 126 Å². The molecule has 0 amide bonds. The maximum absolute atomic E-state index is 13.9. The molecule has 5 rings (SSSR count). The molecule has 18 nitrogen and oxygen atoms in total. The molecule has 1 spiro atoms. The van der Waals surface area contributed by atoms with Gasteiger partial charge in [0.25, 0.3) is 0 Å². The molecule has 3 fully saturated rings. The van der Waals surface area contributed by atoms with Crippen LogP contribution in [0.15, 0.2) is 18.3 Å². The number of hydrogen-bond acceptors (Lipinski definition) is 18. The minimum absolute atomic E-state index is 0.0434. The van der Waals surface area contributed by atoms with Gasteiger partial charge in [-0.3, -0.25) is 33.8 Å². The lowest BCUT2D eigenvalue weighted by Crippen LogP contribution is -2.89. The largest absolute Gasteiger partial charge is 0.465 e. The van der Waals surface area contributed by atoms with Gasteiger partial charge in [0.2, 0.25) is 0 Å². The van der Waals surface area contributed by atoms with E-state index in [9.17, 15) is 43.8 Å². The summed E-state index contributed by atoms with van der Waals surface area (Å²) < 4.78 is 47.7. The molecule has 2 N–H and O–H groups in total. The summed E-state index contributed by atoms with van der Waals surface area (Å²) in [7, 11) is 0. The number of aliphatic hydroxyl groups is 2. The minimum Gasteiger partial charge on any atom is -0.465 e. The molecule has 12 atom stereocenters. The van der Waals surface area contributed by atoms with E-state index in [1.54, 1.807) is 0 Å². The molecule has 3 heterocycles. The fourth-order valence-electron chi connectivity index (χ4n) is 8.87. The summed E-state index contributed by atoms with van der Waals surface area (Å²) >= 11 is 0. The van der Waals surface area contributed by atoms with Crippen LogP contribution in [-0.2, 0) is 73.1 Å². The lowest BCUT2D eigenvalue weighted by atomic mass is 9.45. The molecule has 4 aliphatic rings. The van der Waals surface area contributed by atoms with Gasteiger partial charge in [0.1, 0.15) is 54.2 Å². The van der Waals surface area contributed by atoms with Crippen LogP contribution in [0.2, 0.25) is 0 Å². The molecule has 1 saturated heterocycles. The van der Waals surface area contributed by atoms with Gasteiger partial charge in [-0.1, -0.05) is 6.92 Å². The van der Waals surface area contributed by atoms with Crippen molar-refractivity contribution in [3.63, 3.8) is 0 Å². The number of aryl methyl sites for hydroxylation is 1. The van der Waals surface area contributed by atoms with Crippen molar-refractivity contribution >= 4 is 41.8 Å². The summed E-state index contributed by atoms with van der Waals surface area (Å²) in [6, 6.07) is 2.96. The predicted octanol–water partition coefficient (Wildman–Crippen LogP) is 0.292. The molecule has 2 aliphatic carbocycles. The van der Waals surface area contributed by atoms with Crippen LogP contribution in [0.4, 0.5) is 0 Å². The third-order valence-electron chi connectivity index (χ3n) is 10.9. The molecule has 4 bridgehead atoms. The first-order valence-corrected chi connectivity index (χ1v) is 17.4. The van der Waals surface area contributed by atoms with Gasteiger partial charge in [0, 0.05) is 40.8 Å². The first-order valence-electron chi connectivity index (χ1n) is 17.4. The highest BCUT2D eigenvalue weighted by Gasteiger charge is 2.91. The fourth-order valence-corrected chi connectivity index (χ4v) is 8.87. The number of hydrogen-bond donors (Lipinski definition) is 2. The highest BCUT2D eigenvalue weighted by atomic mass is 16.7. The van der Waals surface area contributed by atoms with Crippen LogP contribution in [0.5, 0.6) is 0 Å². The number of fused-ring (bicyclic) bond motifs is 5. The van der Waals surface area contributed by atoms with Crippen LogP contribution in [0.3, 0.4) is 0 Å². The Hall–Kier alpha value is -4.68. The number of carbonyl (C=O) groups excluding carboxylic acids is 7. The van der Waals surface area contributed by atoms with E-state index >= 15 is 0 Å². The molecule has 2 aliphatic heterocycles. The molecule has 0 unspecified atom stereocenters. The zero-order valence-corrected chi connectivity index (χ0v) is 31.1. The Kier molecular flexibility index (Phi) is 10.9. The Morgan fingerprint density at radius 1 is 0.889 bits per heavy atom. The van der Waals surface area contributed by atoms with Crippen molar-refractivity contribution in [3.05, 3.63) is 29.6 Å². The second kappa shape index (κ2) is 14.5. The van der Waals surface area contributed by atoms with Crippen molar-refractivity contribution in [2.75, 3.05) is 13.2 Å². The maximum Gasteiger partial charge on any atom is 0.340 e. The molecule has 296 valence electrons. The highest BCUT2D eigenvalue weighted by Crippen LogP contribution is 2.70. The number of aliphatic hydroxyl groups excluding tert-OH is 1. The van der Waals surface area contributed by atoms with Crippen molar-refractivity contribution in [1.82, 2.24) is 4.98 Å². The molecule has 1 aromatic rings. The number of pyridine rings is 1. The van der Waals surface area contributed by atoms with E-state index in [0.717, 1.165) is 41.5 Å². The van der Waals surface area contributed by atoms with E-state index in [0.29, 0.717) is 0 Å². The standard InChI is InChI=1S/C36H45NO17/c1-16-11-12-23-22(10-9-13-37-23)32(45)48-14-33(7)24-26(49-18(3)39)30(52-21(6)42)35(15-47-17(2)38)29(51-20(5)41)25(43)28(53-31(16)44)34(8,46)36(35,54-33)27(24)50-19(4)40/h9-10,13,16,24-30,43,46H,11-12,14-15H2,1-8H3/t16-,24+,25-,26+,27-,28-,29-,30+,33-,34-,35-,36-/m0/s1. The SMILES string of the molecule is CC(=O)OC[C@]12[C@H](OC(C)=O)[C@H](OC(C)=O)[C@@H]3[C@H](OC(C)=O)[C@@]14O[C@@]3(C)COC(=O)c1cccnc1CC[C@H](C)C(=O)O[C@@H]([C@H](O)[C@@H]2OC(C)=O)[C@]4(C)O. The third-order valence-corrected chi connectivity index (χ3v) is 10.9. The van der Waals surface area contributed by atoms with Crippen LogP contribution < -0.4 is 0 Å². The first-order chi connectivity index (χ1) is 25.1. The first kappa shape index (κ1) is 40.5. The summed E-state index contributed by atoms with van der Waals surface area (Å²) in [5.74, 6) is -9.27. The van der Waals surface area contributed by atoms with E-state index in [1.807, 2.05) is 0 Å². The molecule has 1 aromatic heterocycles. The Bertz CT molecular complexity index is 1730. The quantitative estimate of drug-likeness (QED) is 0.292. The van der Waals surface area contributed by atoms with Gasteiger partial charge in [-0.2, -0.15) is 0 Å². The number of rotatable bonds is 6. The number of aromatic nitrogens is 1. The Labute approximate surface area is 310 Å². The van der Waals surface area contributed by atoms with Gasteiger partial charge in [0.15, 0.2) is 17.8 Å². The molecule has 54 heavy (non-hydrogen) atoms. The number of esters is 7. The van der Waals surface area contributed by atoms with Gasteiger partial charge in [0.05, 0.1) is 23.1 Å². The topological polar surface area (TPSA) is 247 Å². The molecule has 0 aromatic carbocycles. The van der Waals surface area contributed by atoms with Gasteiger partial charge in [-0.25, -0.2) is 4.79 Å². The van der Waals surface area contributed by atoms with Crippen molar-refractivity contribution in [1.29, 1.82) is 0 Å². The average Bonchev–Trinajstić information content (AvgIpc) is 3.29. The average molecular weight is 764 g/mol. The van der Waals surface area contributed by atoms with Crippen LogP contribution in [0, 0.1) is 17.3 Å². The van der Waals surface area contributed by atoms with Crippen molar-refractivity contribution in [3.8, 4) is 0 Å². The summed E-state index contributed by atoms with van der Waals surface area (Å²) in [6.07, 6.45) is -10.3. The highest BCUT2D eigenvalue weighted by molar-refractivity contribution is 5.90. The third kappa shape index (κ3) is 6.46. The van der Waals surface area contributed by atoms with Crippen LogP contribution in [0.25, 0.3) is 0 Å². The maximum atomic E-state index is 13.9. The van der Waals surface area contributed by atoms with Gasteiger partial charge >= 0.3 is 41.8 Å². The van der Waals surface area contributed by atoms with Crippen molar-refractivity contribution in [2.24, 2.45) is 17.3 Å². The Morgan fingerprint density at radius 3 is 2.07 bits per heavy atom. The Balaban J connectivity index is 1.94. The van der Waals surface area contributed by atoms with Crippen LogP contribution in [-0.4, -0.2) is 124 Å². The Morgan fingerprint density at radius 2 is 1.48 bits per heavy atom. The zero-order valence-electron chi connectivity index (χ0n) is 31.1. The summed E-state index contributed by atoms with van der Waals surface area (Å²) in [5, 5.41) is 25.4. The van der Waals surface area contributed by atoms with Crippen molar-refractivity contribution in [2.45, 2.75) is 122 Å². The van der Waals surface area contributed by atoms with Crippen LogP contribution >= 0.6 is 0 Å². The number of cyclic esters (lactones) is 1. The lowest BCUT2D eigenvalue weighted by molar-refractivity contribution is -0.386. The van der Waals surface area contributed by atoms with E-state index in [-0.39, 0.29) is 24.1 Å². The number of nitrogens with zero attached hydrogens (tertiary/aromatic N) is 1. The second-order valence-electron chi connectivity index (χ2n) is 14.7. The smallest absolute Gasteiger partial charge is 0.340 e. The minimum atomic E-state index is -2.76. The van der Waals surface area contributed by atoms with Crippen molar-refractivity contribution < 1.29 is 81.7 Å². The zero-order chi connectivity index (χ0) is 40.1. The monoisotopic (exact) mass is 763 g/mol. The molecular weight excluding hydrogens is 718 g/mol. The van der Waals surface area contributed by atoms with Gasteiger partial charge in [-0.15, -0.1) is 0 Å². The van der Waals surface area contributed by atoms with Gasteiger partial charge in [-0.05, 0) is 38.8 Å². The lowest BCUT2D eigenvalue weighted by Gasteiger charge is -2.67. The van der Waals surface area contributed by atoms with E-state index in [2.05, 4.69) is 4.98 Å².